The molecule has 0 aromatic heterocycles. The van der Waals surface area contributed by atoms with E-state index in [0.29, 0.717) is 11.0 Å². The van der Waals surface area contributed by atoms with Gasteiger partial charge in [-0.2, -0.15) is 0 Å². The summed E-state index contributed by atoms with van der Waals surface area (Å²) in [4.78, 5) is 0. The van der Waals surface area contributed by atoms with Crippen molar-refractivity contribution in [1.82, 2.24) is 0 Å². The third-order valence-corrected chi connectivity index (χ3v) is 5.74. The van der Waals surface area contributed by atoms with Crippen molar-refractivity contribution in [3.05, 3.63) is 0 Å². The van der Waals surface area contributed by atoms with Crippen molar-refractivity contribution in [3.63, 3.8) is 0 Å². The predicted octanol–water partition coefficient (Wildman–Crippen LogP) is 2.99. The van der Waals surface area contributed by atoms with E-state index in [2.05, 4.69) is 6.92 Å². The van der Waals surface area contributed by atoms with Crippen LogP contribution < -0.4 is 0 Å². The molecule has 1 atom stereocenters. The Hall–Kier alpha value is -0.0400. The van der Waals surface area contributed by atoms with Crippen molar-refractivity contribution in [2.75, 3.05) is 6.61 Å². The third kappa shape index (κ3) is 0.856. The molecule has 0 radical (unpaired) electrons. The molecule has 1 heteroatoms. The minimum absolute atomic E-state index is 0.309. The van der Waals surface area contributed by atoms with E-state index in [0.717, 1.165) is 24.4 Å². The lowest BCUT2D eigenvalue weighted by atomic mass is 9.46. The minimum atomic E-state index is 0.309. The zero-order chi connectivity index (χ0) is 9.39. The first kappa shape index (κ1) is 8.15. The molecule has 1 heterocycles. The molecule has 0 aromatic carbocycles. The Morgan fingerprint density at radius 2 is 1.36 bits per heavy atom. The van der Waals surface area contributed by atoms with Crippen LogP contribution in [0.5, 0.6) is 0 Å². The van der Waals surface area contributed by atoms with Gasteiger partial charge in [0.1, 0.15) is 0 Å². The van der Waals surface area contributed by atoms with Gasteiger partial charge in [0.2, 0.25) is 0 Å². The van der Waals surface area contributed by atoms with Gasteiger partial charge in [-0.3, -0.25) is 0 Å². The van der Waals surface area contributed by atoms with Crippen LogP contribution in [0.1, 0.15) is 45.4 Å². The van der Waals surface area contributed by atoms with E-state index in [1.165, 1.54) is 19.3 Å². The number of epoxide rings is 1. The molecule has 0 spiro atoms. The summed E-state index contributed by atoms with van der Waals surface area (Å²) in [5.74, 6) is 3.21. The van der Waals surface area contributed by atoms with E-state index in [1.54, 1.807) is 19.3 Å². The van der Waals surface area contributed by atoms with Crippen LogP contribution in [0.2, 0.25) is 0 Å². The minimum Gasteiger partial charge on any atom is -0.369 e. The molecule has 0 N–H and O–H groups in total. The van der Waals surface area contributed by atoms with Crippen LogP contribution in [0, 0.1) is 23.2 Å². The second-order valence-corrected chi connectivity index (χ2v) is 6.72. The molecule has 14 heavy (non-hydrogen) atoms. The lowest BCUT2D eigenvalue weighted by molar-refractivity contribution is -0.0925. The molecule has 4 bridgehead atoms. The standard InChI is InChI=1S/C13H20O/c1-12(8-14-12)13-5-9-2-10(6-13)4-11(3-9)7-13/h9-11H,2-8H2,1H3/t9?,10?,11?,12-,13?/m1/s1. The Morgan fingerprint density at radius 1 is 0.929 bits per heavy atom. The maximum atomic E-state index is 5.78. The van der Waals surface area contributed by atoms with Crippen LogP contribution in [-0.2, 0) is 4.74 Å². The van der Waals surface area contributed by atoms with Crippen LogP contribution >= 0.6 is 0 Å². The van der Waals surface area contributed by atoms with E-state index in [4.69, 9.17) is 4.74 Å². The van der Waals surface area contributed by atoms with Crippen molar-refractivity contribution < 1.29 is 4.74 Å². The van der Waals surface area contributed by atoms with E-state index >= 15 is 0 Å². The molecule has 5 rings (SSSR count). The van der Waals surface area contributed by atoms with Gasteiger partial charge in [0.25, 0.3) is 0 Å². The van der Waals surface area contributed by atoms with Gasteiger partial charge in [-0.25, -0.2) is 0 Å². The highest BCUT2D eigenvalue weighted by Gasteiger charge is 2.64. The summed E-state index contributed by atoms with van der Waals surface area (Å²) in [5.41, 5.74) is 0.935. The second-order valence-electron chi connectivity index (χ2n) is 6.72. The van der Waals surface area contributed by atoms with Crippen molar-refractivity contribution in [2.45, 2.75) is 51.0 Å². The summed E-state index contributed by atoms with van der Waals surface area (Å²) in [6, 6.07) is 0. The van der Waals surface area contributed by atoms with E-state index in [-0.39, 0.29) is 0 Å². The quantitative estimate of drug-likeness (QED) is 0.582. The van der Waals surface area contributed by atoms with Gasteiger partial charge in [0.05, 0.1) is 12.2 Å². The fraction of sp³-hybridized carbons (Fsp3) is 1.00. The molecule has 4 saturated carbocycles. The van der Waals surface area contributed by atoms with Crippen molar-refractivity contribution in [2.24, 2.45) is 23.2 Å². The van der Waals surface area contributed by atoms with Gasteiger partial charge >= 0.3 is 0 Å². The molecule has 0 unspecified atom stereocenters. The Kier molecular flexibility index (Phi) is 1.29. The van der Waals surface area contributed by atoms with Gasteiger partial charge in [-0.1, -0.05) is 0 Å². The fourth-order valence-electron chi connectivity index (χ4n) is 5.17. The van der Waals surface area contributed by atoms with Gasteiger partial charge in [0.15, 0.2) is 0 Å². The Balaban J connectivity index is 1.74. The van der Waals surface area contributed by atoms with Crippen molar-refractivity contribution in [1.29, 1.82) is 0 Å². The third-order valence-electron chi connectivity index (χ3n) is 5.74. The monoisotopic (exact) mass is 192 g/mol. The summed E-state index contributed by atoms with van der Waals surface area (Å²) in [6.07, 6.45) is 9.14. The molecule has 5 fully saturated rings. The van der Waals surface area contributed by atoms with Crippen LogP contribution in [0.25, 0.3) is 0 Å². The molecule has 1 saturated heterocycles. The smallest absolute Gasteiger partial charge is 0.0944 e. The van der Waals surface area contributed by atoms with E-state index in [1.807, 2.05) is 0 Å². The summed E-state index contributed by atoms with van der Waals surface area (Å²) in [5, 5.41) is 0. The first-order valence-corrected chi connectivity index (χ1v) is 6.33. The largest absolute Gasteiger partial charge is 0.369 e. The number of rotatable bonds is 1. The topological polar surface area (TPSA) is 12.5 Å². The number of hydrogen-bond donors (Lipinski definition) is 0. The molecule has 1 nitrogen and oxygen atoms in total. The normalized spacial score (nSPS) is 64.5. The van der Waals surface area contributed by atoms with E-state index in [9.17, 15) is 0 Å². The Bertz CT molecular complexity index is 242. The van der Waals surface area contributed by atoms with Crippen molar-refractivity contribution in [3.8, 4) is 0 Å². The highest BCUT2D eigenvalue weighted by molar-refractivity contribution is 5.13. The average molecular weight is 192 g/mol. The maximum Gasteiger partial charge on any atom is 0.0944 e. The maximum absolute atomic E-state index is 5.78. The molecular weight excluding hydrogens is 172 g/mol. The van der Waals surface area contributed by atoms with Crippen LogP contribution in [0.3, 0.4) is 0 Å². The fourth-order valence-corrected chi connectivity index (χ4v) is 5.17. The van der Waals surface area contributed by atoms with Gasteiger partial charge < -0.3 is 4.74 Å². The SMILES string of the molecule is C[C@]1(C23CC4CC(CC(C4)C2)C3)CO1. The summed E-state index contributed by atoms with van der Waals surface area (Å²) < 4.78 is 5.78. The van der Waals surface area contributed by atoms with Gasteiger partial charge in [-0.05, 0) is 63.2 Å². The molecule has 4 aliphatic carbocycles. The summed E-state index contributed by atoms with van der Waals surface area (Å²) >= 11 is 0. The lowest BCUT2D eigenvalue weighted by Gasteiger charge is -2.58. The van der Waals surface area contributed by atoms with Crippen molar-refractivity contribution >= 4 is 0 Å². The first-order chi connectivity index (χ1) is 6.69. The van der Waals surface area contributed by atoms with Gasteiger partial charge in [-0.15, -0.1) is 0 Å². The predicted molar refractivity (Wildman–Crippen MR) is 55.0 cm³/mol. The average Bonchev–Trinajstić information content (AvgIpc) is 2.82. The number of ether oxygens (including phenoxy) is 1. The molecule has 78 valence electrons. The highest BCUT2D eigenvalue weighted by Crippen LogP contribution is 2.66. The molecular formula is C13H20O. The highest BCUT2D eigenvalue weighted by atomic mass is 16.6. The molecule has 0 aromatic rings. The molecule has 1 aliphatic heterocycles. The van der Waals surface area contributed by atoms with Crippen LogP contribution in [0.4, 0.5) is 0 Å². The first-order valence-electron chi connectivity index (χ1n) is 6.33. The second kappa shape index (κ2) is 2.21. The van der Waals surface area contributed by atoms with Crippen LogP contribution in [-0.4, -0.2) is 12.2 Å². The zero-order valence-corrected chi connectivity index (χ0v) is 9.09. The Labute approximate surface area is 86.2 Å². The number of hydrogen-bond acceptors (Lipinski definition) is 1. The zero-order valence-electron chi connectivity index (χ0n) is 9.09. The van der Waals surface area contributed by atoms with Crippen LogP contribution in [0.15, 0.2) is 0 Å². The Morgan fingerprint density at radius 3 is 1.71 bits per heavy atom. The lowest BCUT2D eigenvalue weighted by Crippen LogP contribution is -2.52. The molecule has 0 amide bonds. The van der Waals surface area contributed by atoms with E-state index < -0.39 is 0 Å². The summed E-state index contributed by atoms with van der Waals surface area (Å²) in [6.45, 7) is 3.43. The van der Waals surface area contributed by atoms with Gasteiger partial charge in [0, 0.05) is 5.41 Å². The summed E-state index contributed by atoms with van der Waals surface area (Å²) in [7, 11) is 0. The molecule has 5 aliphatic rings.